The summed E-state index contributed by atoms with van der Waals surface area (Å²) in [7, 11) is -2.03. The molecule has 0 aliphatic rings. The van der Waals surface area contributed by atoms with Gasteiger partial charge in [-0.1, -0.05) is 34.8 Å². The second kappa shape index (κ2) is 6.14. The fraction of sp³-hybridized carbons (Fsp3) is 0.250. The van der Waals surface area contributed by atoms with E-state index in [4.69, 9.17) is 34.8 Å². The number of rotatable bonds is 4. The predicted octanol–water partition coefficient (Wildman–Crippen LogP) is 3.17. The number of hydrogen-bond donors (Lipinski definition) is 1. The molecule has 1 aromatic heterocycles. The van der Waals surface area contributed by atoms with Crippen LogP contribution in [0.15, 0.2) is 23.1 Å². The van der Waals surface area contributed by atoms with Crippen LogP contribution in [0.3, 0.4) is 0 Å². The zero-order valence-corrected chi connectivity index (χ0v) is 14.3. The van der Waals surface area contributed by atoms with Gasteiger partial charge in [-0.05, 0) is 25.1 Å². The molecule has 0 spiro atoms. The molecule has 0 aliphatic heterocycles. The molecule has 0 saturated carbocycles. The van der Waals surface area contributed by atoms with Gasteiger partial charge in [0.15, 0.2) is 0 Å². The van der Waals surface area contributed by atoms with Gasteiger partial charge in [-0.3, -0.25) is 4.68 Å². The first kappa shape index (κ1) is 16.6. The van der Waals surface area contributed by atoms with Crippen LogP contribution < -0.4 is 4.72 Å². The van der Waals surface area contributed by atoms with Crippen LogP contribution in [0.25, 0.3) is 0 Å². The first-order valence-corrected chi connectivity index (χ1v) is 8.46. The number of halogens is 3. The van der Waals surface area contributed by atoms with Gasteiger partial charge in [-0.25, -0.2) is 13.1 Å². The smallest absolute Gasteiger partial charge is 0.242 e. The third-order valence-electron chi connectivity index (χ3n) is 2.87. The van der Waals surface area contributed by atoms with Gasteiger partial charge in [0, 0.05) is 12.7 Å². The van der Waals surface area contributed by atoms with Crippen molar-refractivity contribution in [2.45, 2.75) is 18.4 Å². The van der Waals surface area contributed by atoms with Crippen molar-refractivity contribution in [1.82, 2.24) is 14.5 Å². The molecule has 21 heavy (non-hydrogen) atoms. The maximum Gasteiger partial charge on any atom is 0.242 e. The normalized spacial score (nSPS) is 11.9. The molecule has 0 radical (unpaired) electrons. The first-order valence-electron chi connectivity index (χ1n) is 5.84. The van der Waals surface area contributed by atoms with Crippen LogP contribution in [0.5, 0.6) is 0 Å². The summed E-state index contributed by atoms with van der Waals surface area (Å²) >= 11 is 17.5. The summed E-state index contributed by atoms with van der Waals surface area (Å²) in [6, 6.07) is 4.31. The van der Waals surface area contributed by atoms with Crippen molar-refractivity contribution in [3.63, 3.8) is 0 Å². The predicted molar refractivity (Wildman–Crippen MR) is 83.4 cm³/mol. The molecule has 114 valence electrons. The van der Waals surface area contributed by atoms with Gasteiger partial charge < -0.3 is 0 Å². The molecule has 0 bridgehead atoms. The van der Waals surface area contributed by atoms with Crippen molar-refractivity contribution in [1.29, 1.82) is 0 Å². The maximum absolute atomic E-state index is 12.2. The maximum atomic E-state index is 12.2. The van der Waals surface area contributed by atoms with Gasteiger partial charge in [0.2, 0.25) is 10.0 Å². The number of sulfonamides is 1. The standard InChI is InChI=1S/C12H12Cl3N3O2S/c1-7-3-8(17-18(7)2)6-16-21(19,20)12-5-10(14)9(13)4-11(12)15/h3-5,16H,6H2,1-2H3. The number of benzene rings is 1. The molecule has 5 nitrogen and oxygen atoms in total. The molecule has 0 atom stereocenters. The monoisotopic (exact) mass is 367 g/mol. The first-order chi connectivity index (χ1) is 9.70. The van der Waals surface area contributed by atoms with Crippen LogP contribution in [-0.2, 0) is 23.6 Å². The summed E-state index contributed by atoms with van der Waals surface area (Å²) in [5.41, 5.74) is 1.53. The molecule has 2 rings (SSSR count). The van der Waals surface area contributed by atoms with Crippen molar-refractivity contribution >= 4 is 44.8 Å². The van der Waals surface area contributed by atoms with E-state index >= 15 is 0 Å². The summed E-state index contributed by atoms with van der Waals surface area (Å²) in [6.45, 7) is 1.93. The van der Waals surface area contributed by atoms with E-state index in [1.165, 1.54) is 12.1 Å². The zero-order chi connectivity index (χ0) is 15.8. The molecular weight excluding hydrogens is 357 g/mol. The Kier molecular flexibility index (Phi) is 4.85. The minimum atomic E-state index is -3.81. The van der Waals surface area contributed by atoms with Crippen molar-refractivity contribution in [3.8, 4) is 0 Å². The molecule has 0 amide bonds. The van der Waals surface area contributed by atoms with Crippen LogP contribution in [0.2, 0.25) is 15.1 Å². The van der Waals surface area contributed by atoms with Gasteiger partial charge in [0.25, 0.3) is 0 Å². The Morgan fingerprint density at radius 2 is 1.76 bits per heavy atom. The highest BCUT2D eigenvalue weighted by Gasteiger charge is 2.20. The van der Waals surface area contributed by atoms with E-state index < -0.39 is 10.0 Å². The SMILES string of the molecule is Cc1cc(CNS(=O)(=O)c2cc(Cl)c(Cl)cc2Cl)nn1C. The molecule has 0 aliphatic carbocycles. The molecule has 0 unspecified atom stereocenters. The Hall–Kier alpha value is -0.790. The van der Waals surface area contributed by atoms with Crippen molar-refractivity contribution < 1.29 is 8.42 Å². The van der Waals surface area contributed by atoms with Crippen molar-refractivity contribution in [3.05, 3.63) is 44.7 Å². The van der Waals surface area contributed by atoms with E-state index in [0.717, 1.165) is 5.69 Å². The highest BCUT2D eigenvalue weighted by atomic mass is 35.5. The third-order valence-corrected chi connectivity index (χ3v) is 5.46. The summed E-state index contributed by atoms with van der Waals surface area (Å²) in [5.74, 6) is 0. The highest BCUT2D eigenvalue weighted by molar-refractivity contribution is 7.89. The molecule has 1 N–H and O–H groups in total. The zero-order valence-electron chi connectivity index (χ0n) is 11.2. The van der Waals surface area contributed by atoms with E-state index in [-0.39, 0.29) is 26.5 Å². The third kappa shape index (κ3) is 3.70. The average Bonchev–Trinajstić information content (AvgIpc) is 2.71. The Morgan fingerprint density at radius 3 is 2.33 bits per heavy atom. The summed E-state index contributed by atoms with van der Waals surface area (Å²) in [5, 5.41) is 4.49. The molecular formula is C12H12Cl3N3O2S. The fourth-order valence-corrected chi connectivity index (χ4v) is 3.68. The van der Waals surface area contributed by atoms with E-state index in [9.17, 15) is 8.42 Å². The van der Waals surface area contributed by atoms with Crippen LogP contribution in [0.1, 0.15) is 11.4 Å². The Bertz CT molecular complexity index is 768. The fourth-order valence-electron chi connectivity index (χ4n) is 1.68. The van der Waals surface area contributed by atoms with Gasteiger partial charge in [0.1, 0.15) is 4.90 Å². The molecule has 9 heteroatoms. The molecule has 2 aromatic rings. The van der Waals surface area contributed by atoms with E-state index in [2.05, 4.69) is 9.82 Å². The van der Waals surface area contributed by atoms with Crippen molar-refractivity contribution in [2.75, 3.05) is 0 Å². The molecule has 0 fully saturated rings. The van der Waals surface area contributed by atoms with Gasteiger partial charge in [-0.15, -0.1) is 0 Å². The lowest BCUT2D eigenvalue weighted by Gasteiger charge is -2.08. The lowest BCUT2D eigenvalue weighted by atomic mass is 10.4. The van der Waals surface area contributed by atoms with Crippen molar-refractivity contribution in [2.24, 2.45) is 7.05 Å². The number of aryl methyl sites for hydroxylation is 2. The topological polar surface area (TPSA) is 64.0 Å². The number of nitrogens with one attached hydrogen (secondary N) is 1. The second-order valence-corrected chi connectivity index (χ2v) is 7.38. The van der Waals surface area contributed by atoms with Gasteiger partial charge in [-0.2, -0.15) is 5.10 Å². The summed E-state index contributed by atoms with van der Waals surface area (Å²) < 4.78 is 28.6. The number of hydrogen-bond acceptors (Lipinski definition) is 3. The second-order valence-electron chi connectivity index (χ2n) is 4.42. The Labute approximate surface area is 137 Å². The highest BCUT2D eigenvalue weighted by Crippen LogP contribution is 2.31. The Morgan fingerprint density at radius 1 is 1.14 bits per heavy atom. The summed E-state index contributed by atoms with van der Waals surface area (Å²) in [4.78, 5) is -0.119. The minimum absolute atomic E-state index is 0.00843. The minimum Gasteiger partial charge on any atom is -0.273 e. The van der Waals surface area contributed by atoms with Crippen LogP contribution in [0.4, 0.5) is 0 Å². The van der Waals surface area contributed by atoms with E-state index in [1.807, 2.05) is 6.92 Å². The molecule has 1 aromatic carbocycles. The largest absolute Gasteiger partial charge is 0.273 e. The molecule has 1 heterocycles. The number of nitrogens with zero attached hydrogens (tertiary/aromatic N) is 2. The van der Waals surface area contributed by atoms with E-state index in [1.54, 1.807) is 17.8 Å². The lowest BCUT2D eigenvalue weighted by Crippen LogP contribution is -2.24. The van der Waals surface area contributed by atoms with Gasteiger partial charge >= 0.3 is 0 Å². The van der Waals surface area contributed by atoms with Crippen LogP contribution >= 0.6 is 34.8 Å². The summed E-state index contributed by atoms with van der Waals surface area (Å²) in [6.07, 6.45) is 0. The number of aromatic nitrogens is 2. The quantitative estimate of drug-likeness (QED) is 0.843. The molecule has 0 saturated heterocycles. The lowest BCUT2D eigenvalue weighted by molar-refractivity contribution is 0.579. The van der Waals surface area contributed by atoms with Crippen LogP contribution in [0, 0.1) is 6.92 Å². The average molecular weight is 369 g/mol. The van der Waals surface area contributed by atoms with Gasteiger partial charge in [0.05, 0.1) is 27.3 Å². The van der Waals surface area contributed by atoms with Crippen LogP contribution in [-0.4, -0.2) is 18.2 Å². The van der Waals surface area contributed by atoms with E-state index in [0.29, 0.717) is 5.69 Å². The Balaban J connectivity index is 2.24.